The number of allylic oxidation sites excluding steroid dienone is 3. The average molecular weight is 495 g/mol. The van der Waals surface area contributed by atoms with Crippen molar-refractivity contribution in [3.63, 3.8) is 0 Å². The van der Waals surface area contributed by atoms with Gasteiger partial charge in [0.1, 0.15) is 0 Å². The molecule has 3 aromatic carbocycles. The maximum absolute atomic E-state index is 2.46. The molecule has 3 aromatic rings. The van der Waals surface area contributed by atoms with Gasteiger partial charge in [0.2, 0.25) is 0 Å². The highest BCUT2D eigenvalue weighted by Crippen LogP contribution is 2.35. The molecule has 1 heteroatoms. The first kappa shape index (κ1) is 27.9. The molecule has 0 saturated carbocycles. The molecule has 0 aromatic heterocycles. The molecule has 0 nitrogen and oxygen atoms in total. The van der Waals surface area contributed by atoms with Gasteiger partial charge in [-0.1, -0.05) is 155 Å². The van der Waals surface area contributed by atoms with Crippen molar-refractivity contribution in [3.8, 4) is 0 Å². The Bertz CT molecular complexity index is 1200. The van der Waals surface area contributed by atoms with Gasteiger partial charge in [-0.2, -0.15) is 0 Å². The van der Waals surface area contributed by atoms with Crippen molar-refractivity contribution in [3.05, 3.63) is 113 Å². The smallest absolute Gasteiger partial charge is 0.00927 e. The van der Waals surface area contributed by atoms with Crippen LogP contribution in [0.15, 0.2) is 84.9 Å². The maximum atomic E-state index is 2.46. The summed E-state index contributed by atoms with van der Waals surface area (Å²) >= 11 is 0. The van der Waals surface area contributed by atoms with Crippen LogP contribution in [0, 0.1) is 0 Å². The SMILES string of the molecule is CC(C)(C)c1cc(C(C)(C)C)c(P=C/C=C(/C=C/c2ccccc2)c2ccccc2)c(C(C)(C)C)c1. The van der Waals surface area contributed by atoms with E-state index in [0.717, 1.165) is 0 Å². The Morgan fingerprint density at radius 1 is 0.639 bits per heavy atom. The topological polar surface area (TPSA) is 0 Å². The fourth-order valence-electron chi connectivity index (χ4n) is 4.17. The fourth-order valence-corrected chi connectivity index (χ4v) is 5.63. The van der Waals surface area contributed by atoms with E-state index in [1.54, 1.807) is 0 Å². The molecule has 0 amide bonds. The number of rotatable bonds is 5. The second-order valence-electron chi connectivity index (χ2n) is 12.7. The van der Waals surface area contributed by atoms with Crippen LogP contribution in [0.3, 0.4) is 0 Å². The average Bonchev–Trinajstić information content (AvgIpc) is 2.80. The lowest BCUT2D eigenvalue weighted by Crippen LogP contribution is -2.29. The fraction of sp³-hybridized carbons (Fsp3) is 0.343. The molecule has 0 aliphatic rings. The number of hydrogen-bond donors (Lipinski definition) is 0. The molecule has 3 rings (SSSR count). The highest BCUT2D eigenvalue weighted by atomic mass is 31.1. The predicted octanol–water partition coefficient (Wildman–Crippen LogP) is 9.75. The predicted molar refractivity (Wildman–Crippen MR) is 165 cm³/mol. The van der Waals surface area contributed by atoms with Gasteiger partial charge in [-0.05, 0) is 61.5 Å². The van der Waals surface area contributed by atoms with Crippen LogP contribution in [0.4, 0.5) is 0 Å². The van der Waals surface area contributed by atoms with Crippen LogP contribution in [0.5, 0.6) is 0 Å². The van der Waals surface area contributed by atoms with E-state index >= 15 is 0 Å². The van der Waals surface area contributed by atoms with Crippen LogP contribution < -0.4 is 5.30 Å². The minimum Gasteiger partial charge on any atom is -0.0678 e. The zero-order valence-electron chi connectivity index (χ0n) is 23.7. The van der Waals surface area contributed by atoms with Gasteiger partial charge in [0.05, 0.1) is 0 Å². The first-order valence-electron chi connectivity index (χ1n) is 13.0. The van der Waals surface area contributed by atoms with E-state index in [9.17, 15) is 0 Å². The molecule has 0 bridgehead atoms. The summed E-state index contributed by atoms with van der Waals surface area (Å²) in [6, 6.07) is 26.1. The lowest BCUT2D eigenvalue weighted by atomic mass is 9.75. The summed E-state index contributed by atoms with van der Waals surface area (Å²) in [5, 5.41) is 1.44. The van der Waals surface area contributed by atoms with Gasteiger partial charge in [-0.25, -0.2) is 0 Å². The molecule has 0 N–H and O–H groups in total. The summed E-state index contributed by atoms with van der Waals surface area (Å²) in [6.45, 7) is 21.0. The largest absolute Gasteiger partial charge is 0.0678 e. The molecule has 0 heterocycles. The van der Waals surface area contributed by atoms with Crippen molar-refractivity contribution in [2.45, 2.75) is 78.6 Å². The molecule has 0 aliphatic carbocycles. The van der Waals surface area contributed by atoms with Gasteiger partial charge >= 0.3 is 0 Å². The first-order valence-corrected chi connectivity index (χ1v) is 14.0. The van der Waals surface area contributed by atoms with Gasteiger partial charge in [-0.15, -0.1) is 0 Å². The van der Waals surface area contributed by atoms with Crippen molar-refractivity contribution in [2.24, 2.45) is 0 Å². The molecule has 188 valence electrons. The van der Waals surface area contributed by atoms with E-state index in [-0.39, 0.29) is 16.2 Å². The quantitative estimate of drug-likeness (QED) is 0.245. The lowest BCUT2D eigenvalue weighted by molar-refractivity contribution is 0.554. The number of benzene rings is 3. The first-order chi connectivity index (χ1) is 16.8. The second-order valence-corrected chi connectivity index (χ2v) is 13.7. The second kappa shape index (κ2) is 11.1. The molecule has 0 atom stereocenters. The normalized spacial score (nSPS) is 13.6. The molecule has 36 heavy (non-hydrogen) atoms. The Kier molecular flexibility index (Phi) is 8.63. The standard InChI is InChI=1S/C35H43P/c1-33(2,3)29-24-30(34(4,5)6)32(31(25-29)35(7,8)9)36-23-22-28(27-18-14-11-15-19-27)21-20-26-16-12-10-13-17-26/h10-25H,1-9H3/b21-20+,28-22-. The van der Waals surface area contributed by atoms with Crippen molar-refractivity contribution in [2.75, 3.05) is 0 Å². The summed E-state index contributed by atoms with van der Waals surface area (Å²) in [5.41, 5.74) is 8.22. The Morgan fingerprint density at radius 3 is 1.61 bits per heavy atom. The van der Waals surface area contributed by atoms with E-state index in [1.165, 1.54) is 46.9 Å². The highest BCUT2D eigenvalue weighted by Gasteiger charge is 2.28. The number of hydrogen-bond acceptors (Lipinski definition) is 0. The lowest BCUT2D eigenvalue weighted by Gasteiger charge is -2.32. The van der Waals surface area contributed by atoms with E-state index in [4.69, 9.17) is 0 Å². The molecular weight excluding hydrogens is 451 g/mol. The molecule has 0 aliphatic heterocycles. The van der Waals surface area contributed by atoms with E-state index < -0.39 is 0 Å². The summed E-state index contributed by atoms with van der Waals surface area (Å²) in [7, 11) is 1.23. The summed E-state index contributed by atoms with van der Waals surface area (Å²) in [6.07, 6.45) is 6.71. The van der Waals surface area contributed by atoms with Crippen LogP contribution in [-0.2, 0) is 16.2 Å². The Morgan fingerprint density at radius 2 is 1.14 bits per heavy atom. The molecule has 0 radical (unpaired) electrons. The highest BCUT2D eigenvalue weighted by molar-refractivity contribution is 7.48. The van der Waals surface area contributed by atoms with Gasteiger partial charge in [0, 0.05) is 5.30 Å². The van der Waals surface area contributed by atoms with Crippen molar-refractivity contribution >= 4 is 31.0 Å². The van der Waals surface area contributed by atoms with E-state index in [0.29, 0.717) is 0 Å². The summed E-state index contributed by atoms with van der Waals surface area (Å²) in [5.74, 6) is 2.33. The zero-order valence-corrected chi connectivity index (χ0v) is 24.6. The molecule has 0 fully saturated rings. The van der Waals surface area contributed by atoms with Crippen LogP contribution in [0.2, 0.25) is 0 Å². The summed E-state index contributed by atoms with van der Waals surface area (Å²) in [4.78, 5) is 0. The Hall–Kier alpha value is -2.69. The molecule has 0 spiro atoms. The molecule has 0 unspecified atom stereocenters. The zero-order chi connectivity index (χ0) is 26.6. The minimum absolute atomic E-state index is 0.0661. The monoisotopic (exact) mass is 494 g/mol. The molecule has 0 saturated heterocycles. The third kappa shape index (κ3) is 7.41. The van der Waals surface area contributed by atoms with Gasteiger partial charge in [-0.3, -0.25) is 0 Å². The van der Waals surface area contributed by atoms with Crippen LogP contribution >= 0.6 is 8.20 Å². The van der Waals surface area contributed by atoms with Crippen molar-refractivity contribution < 1.29 is 0 Å². The van der Waals surface area contributed by atoms with Gasteiger partial charge in [0.15, 0.2) is 0 Å². The third-order valence-corrected chi connectivity index (χ3v) is 7.45. The van der Waals surface area contributed by atoms with Crippen LogP contribution in [-0.4, -0.2) is 5.80 Å². The third-order valence-electron chi connectivity index (χ3n) is 6.41. The minimum atomic E-state index is 0.0661. The van der Waals surface area contributed by atoms with E-state index in [1.807, 2.05) is 0 Å². The Balaban J connectivity index is 2.15. The van der Waals surface area contributed by atoms with E-state index in [2.05, 4.69) is 159 Å². The van der Waals surface area contributed by atoms with Crippen LogP contribution in [0.1, 0.15) is 90.1 Å². The molecular formula is C35H43P. The maximum Gasteiger partial charge on any atom is 0.00927 e. The Labute approximate surface area is 222 Å². The van der Waals surface area contributed by atoms with Gasteiger partial charge in [0.25, 0.3) is 0 Å². The van der Waals surface area contributed by atoms with Crippen molar-refractivity contribution in [1.29, 1.82) is 0 Å². The van der Waals surface area contributed by atoms with Gasteiger partial charge < -0.3 is 0 Å². The van der Waals surface area contributed by atoms with Crippen molar-refractivity contribution in [1.82, 2.24) is 0 Å². The summed E-state index contributed by atoms with van der Waals surface area (Å²) < 4.78 is 0. The van der Waals surface area contributed by atoms with Crippen LogP contribution in [0.25, 0.3) is 11.6 Å².